The van der Waals surface area contributed by atoms with E-state index in [0.717, 1.165) is 0 Å². The van der Waals surface area contributed by atoms with E-state index < -0.39 is 6.03 Å². The summed E-state index contributed by atoms with van der Waals surface area (Å²) in [5, 5.41) is 6.17. The van der Waals surface area contributed by atoms with E-state index in [0.29, 0.717) is 22.8 Å². The van der Waals surface area contributed by atoms with E-state index in [9.17, 15) is 9.59 Å². The van der Waals surface area contributed by atoms with Gasteiger partial charge in [-0.05, 0) is 18.2 Å². The van der Waals surface area contributed by atoms with Gasteiger partial charge >= 0.3 is 6.03 Å². The summed E-state index contributed by atoms with van der Waals surface area (Å²) < 4.78 is 15.2. The summed E-state index contributed by atoms with van der Waals surface area (Å²) >= 11 is 0. The van der Waals surface area contributed by atoms with Crippen LogP contribution in [0.4, 0.5) is 4.79 Å². The van der Waals surface area contributed by atoms with Gasteiger partial charge in [-0.2, -0.15) is 5.32 Å². The zero-order valence-corrected chi connectivity index (χ0v) is 11.9. The van der Waals surface area contributed by atoms with E-state index in [2.05, 4.69) is 10.6 Å². The molecule has 1 radical (unpaired) electrons. The number of carbonyl (C=O) groups is 2. The second-order valence-corrected chi connectivity index (χ2v) is 4.20. The number of rotatable bonds is 6. The van der Waals surface area contributed by atoms with Crippen LogP contribution in [0.3, 0.4) is 0 Å². The molecule has 1 aliphatic rings. The molecule has 0 saturated carbocycles. The molecule has 1 N–H and O–H groups in total. The molecule has 0 aromatic heterocycles. The van der Waals surface area contributed by atoms with Crippen LogP contribution in [0.1, 0.15) is 10.4 Å². The van der Waals surface area contributed by atoms with Crippen LogP contribution < -0.4 is 20.1 Å². The van der Waals surface area contributed by atoms with Crippen LogP contribution >= 0.6 is 0 Å². The summed E-state index contributed by atoms with van der Waals surface area (Å²) in [6, 6.07) is 4.16. The monoisotopic (exact) mass is 291 g/mol. The fraction of sp³-hybridized carbons (Fsp3) is 0.286. The minimum Gasteiger partial charge on any atom is -0.493 e. The number of allylic oxidation sites excluding steroid dienone is 1. The van der Waals surface area contributed by atoms with E-state index >= 15 is 0 Å². The lowest BCUT2D eigenvalue weighted by Crippen LogP contribution is -2.20. The topological polar surface area (TPSA) is 88.0 Å². The van der Waals surface area contributed by atoms with Crippen molar-refractivity contribution >= 4 is 11.8 Å². The minimum atomic E-state index is -0.578. The van der Waals surface area contributed by atoms with E-state index in [1.165, 1.54) is 27.4 Å². The Kier molecular flexibility index (Phi) is 4.44. The molecule has 2 amide bonds. The highest BCUT2D eigenvalue weighted by atomic mass is 16.5. The third kappa shape index (κ3) is 2.97. The van der Waals surface area contributed by atoms with E-state index in [1.807, 2.05) is 0 Å². The first kappa shape index (κ1) is 14.9. The average Bonchev–Trinajstić information content (AvgIpc) is 2.86. The van der Waals surface area contributed by atoms with Crippen molar-refractivity contribution in [3.63, 3.8) is 0 Å². The van der Waals surface area contributed by atoms with Crippen LogP contribution in [0.2, 0.25) is 0 Å². The fourth-order valence-electron chi connectivity index (χ4n) is 1.94. The summed E-state index contributed by atoms with van der Waals surface area (Å²) in [6.07, 6.45) is 0. The Labute approximate surface area is 121 Å². The lowest BCUT2D eigenvalue weighted by Gasteiger charge is -2.09. The molecular formula is C14H15N2O5. The van der Waals surface area contributed by atoms with E-state index in [1.54, 1.807) is 12.1 Å². The molecule has 0 saturated heterocycles. The Bertz CT molecular complexity index is 609. The van der Waals surface area contributed by atoms with Gasteiger partial charge in [0.1, 0.15) is 5.70 Å². The van der Waals surface area contributed by atoms with Crippen molar-refractivity contribution in [1.29, 1.82) is 0 Å². The number of nitrogens with zero attached hydrogens (tertiary/aromatic N) is 1. The van der Waals surface area contributed by atoms with Gasteiger partial charge < -0.3 is 19.5 Å². The average molecular weight is 291 g/mol. The Hall–Kier alpha value is -2.54. The summed E-state index contributed by atoms with van der Waals surface area (Å²) in [5.74, 6) is 0.550. The van der Waals surface area contributed by atoms with Crippen molar-refractivity contribution in [1.82, 2.24) is 10.6 Å². The van der Waals surface area contributed by atoms with Gasteiger partial charge in [0.15, 0.2) is 11.5 Å². The number of benzene rings is 1. The number of ketones is 1. The van der Waals surface area contributed by atoms with Gasteiger partial charge in [-0.25, -0.2) is 4.79 Å². The highest BCUT2D eigenvalue weighted by Gasteiger charge is 2.29. The molecule has 1 aromatic carbocycles. The number of hydrogen-bond acceptors (Lipinski definition) is 5. The third-order valence-electron chi connectivity index (χ3n) is 2.91. The van der Waals surface area contributed by atoms with Crippen molar-refractivity contribution in [3.05, 3.63) is 35.2 Å². The largest absolute Gasteiger partial charge is 0.493 e. The molecule has 111 valence electrons. The standard InChI is InChI=1S/C14H15N2O5/c1-19-7-9-12(16-14(18)15-9)13(17)8-4-5-10(20-2)11(6-8)21-3/h4-6H,7H2,1-3H3,(H,15,18). The van der Waals surface area contributed by atoms with Crippen molar-refractivity contribution in [3.8, 4) is 11.5 Å². The van der Waals surface area contributed by atoms with Crippen molar-refractivity contribution in [2.75, 3.05) is 27.9 Å². The van der Waals surface area contributed by atoms with Crippen LogP contribution in [0.15, 0.2) is 29.6 Å². The highest BCUT2D eigenvalue weighted by Crippen LogP contribution is 2.28. The highest BCUT2D eigenvalue weighted by molar-refractivity contribution is 6.12. The Morgan fingerprint density at radius 1 is 1.19 bits per heavy atom. The molecule has 1 aliphatic heterocycles. The van der Waals surface area contributed by atoms with E-state index in [4.69, 9.17) is 14.2 Å². The number of methoxy groups -OCH3 is 3. The van der Waals surface area contributed by atoms with Gasteiger partial charge in [0.05, 0.1) is 26.5 Å². The first-order valence-corrected chi connectivity index (χ1v) is 6.12. The molecular weight excluding hydrogens is 276 g/mol. The van der Waals surface area contributed by atoms with Crippen LogP contribution in [-0.4, -0.2) is 39.8 Å². The lowest BCUT2D eigenvalue weighted by molar-refractivity contribution is 0.102. The Morgan fingerprint density at radius 3 is 2.52 bits per heavy atom. The quantitative estimate of drug-likeness (QED) is 0.792. The maximum absolute atomic E-state index is 12.4. The predicted octanol–water partition coefficient (Wildman–Crippen LogP) is 1.07. The first-order chi connectivity index (χ1) is 10.1. The molecule has 0 atom stereocenters. The molecule has 1 aromatic rings. The second-order valence-electron chi connectivity index (χ2n) is 4.20. The molecule has 2 rings (SSSR count). The number of Topliss-reactive ketones (excluding diaryl/α,β-unsaturated/α-hetero) is 1. The molecule has 0 spiro atoms. The fourth-order valence-corrected chi connectivity index (χ4v) is 1.94. The minimum absolute atomic E-state index is 0.0501. The zero-order chi connectivity index (χ0) is 15.4. The molecule has 0 unspecified atom stereocenters. The predicted molar refractivity (Wildman–Crippen MR) is 73.4 cm³/mol. The molecule has 1 heterocycles. The SMILES string of the molecule is COCC1=C(C(=O)c2ccc(OC)c(OC)c2)[N]C(=O)N1. The summed E-state index contributed by atoms with van der Waals surface area (Å²) in [4.78, 5) is 23.8. The summed E-state index contributed by atoms with van der Waals surface area (Å²) in [6.45, 7) is 0.101. The summed E-state index contributed by atoms with van der Waals surface area (Å²) in [7, 11) is 4.45. The maximum atomic E-state index is 12.4. The van der Waals surface area contributed by atoms with Crippen LogP contribution in [0.5, 0.6) is 11.5 Å². The molecule has 7 nitrogen and oxygen atoms in total. The van der Waals surface area contributed by atoms with Gasteiger partial charge in [-0.3, -0.25) is 4.79 Å². The molecule has 0 bridgehead atoms. The first-order valence-electron chi connectivity index (χ1n) is 6.12. The lowest BCUT2D eigenvalue weighted by atomic mass is 10.1. The number of ether oxygens (including phenoxy) is 3. The number of amides is 2. The second kappa shape index (κ2) is 6.27. The zero-order valence-electron chi connectivity index (χ0n) is 11.9. The molecule has 21 heavy (non-hydrogen) atoms. The molecule has 7 heteroatoms. The Balaban J connectivity index is 2.35. The molecule has 0 fully saturated rings. The Morgan fingerprint density at radius 2 is 1.90 bits per heavy atom. The summed E-state index contributed by atoms with van der Waals surface area (Å²) in [5.41, 5.74) is 0.743. The maximum Gasteiger partial charge on any atom is 0.346 e. The number of nitrogens with one attached hydrogen (secondary N) is 1. The number of hydrogen-bond donors (Lipinski definition) is 1. The number of urea groups is 1. The van der Waals surface area contributed by atoms with Crippen molar-refractivity contribution < 1.29 is 23.8 Å². The van der Waals surface area contributed by atoms with Crippen LogP contribution in [0, 0.1) is 0 Å². The molecule has 0 aliphatic carbocycles. The van der Waals surface area contributed by atoms with E-state index in [-0.39, 0.29) is 18.1 Å². The van der Waals surface area contributed by atoms with Crippen molar-refractivity contribution in [2.45, 2.75) is 0 Å². The van der Waals surface area contributed by atoms with Gasteiger partial charge in [0, 0.05) is 12.7 Å². The number of carbonyl (C=O) groups excluding carboxylic acids is 2. The van der Waals surface area contributed by atoms with Crippen LogP contribution in [0.25, 0.3) is 0 Å². The van der Waals surface area contributed by atoms with Crippen molar-refractivity contribution in [2.24, 2.45) is 0 Å². The van der Waals surface area contributed by atoms with Gasteiger partial charge in [-0.1, -0.05) is 0 Å². The van der Waals surface area contributed by atoms with Gasteiger partial charge in [-0.15, -0.1) is 0 Å². The smallest absolute Gasteiger partial charge is 0.346 e. The van der Waals surface area contributed by atoms with Crippen LogP contribution in [-0.2, 0) is 4.74 Å². The normalized spacial score (nSPS) is 13.8. The van der Waals surface area contributed by atoms with Gasteiger partial charge in [0.25, 0.3) is 0 Å². The van der Waals surface area contributed by atoms with Gasteiger partial charge in [0.2, 0.25) is 5.78 Å². The third-order valence-corrected chi connectivity index (χ3v) is 2.91.